The molecule has 5 aromatic rings. The molecule has 57 heavy (non-hydrogen) atoms. The second kappa shape index (κ2) is 15.8. The summed E-state index contributed by atoms with van der Waals surface area (Å²) in [5.41, 5.74) is 4.89. The average Bonchev–Trinajstić information content (AvgIpc) is 3.89. The van der Waals surface area contributed by atoms with E-state index in [1.54, 1.807) is 26.6 Å². The number of carbonyl (C=O) groups is 1. The van der Waals surface area contributed by atoms with Crippen molar-refractivity contribution in [1.82, 2.24) is 24.8 Å². The van der Waals surface area contributed by atoms with Crippen molar-refractivity contribution in [1.29, 1.82) is 0 Å². The van der Waals surface area contributed by atoms with Gasteiger partial charge in [-0.3, -0.25) is 9.36 Å². The van der Waals surface area contributed by atoms with Crippen molar-refractivity contribution in [2.75, 3.05) is 32.8 Å². The van der Waals surface area contributed by atoms with Gasteiger partial charge in [0.25, 0.3) is 0 Å². The Labute approximate surface area is 332 Å². The Balaban J connectivity index is 1.10. The van der Waals surface area contributed by atoms with Gasteiger partial charge in [0.15, 0.2) is 29.0 Å². The lowest BCUT2D eigenvalue weighted by molar-refractivity contribution is -0.191. The standard InChI is InChI=1S/C45H48N6O6/c1-30-25-44(27-54-5,24-23-31(30)26-53-4)49-36(52)22-21-35-38-39(57-43(2,3)56-38)42(55-35)51-29-48-37-40(46-28-47-41(37)51)50-45(32-15-9-6-10-16-32,33-17-11-7-12-18-33)34-19-13-8-14-20-34/h6-24,28-29,35,38-39,42H,25-27H2,1-5H3,(H,49,52)(H,46,47,50)/b22-21+/t35-,38-,39-,42-,44?/m1/s1. The van der Waals surface area contributed by atoms with Crippen LogP contribution >= 0.6 is 0 Å². The topological polar surface area (TPSA) is 131 Å². The molecule has 2 saturated heterocycles. The molecule has 4 heterocycles. The SMILES string of the molecule is COCC1=C(C)CC(COC)(NC(=O)/C=C/[C@H]2O[C@@H](n3cnc4c(NC(c5ccccc5)(c5ccccc5)c5ccccc5)ncnc43)[C@@H]3OC(C)(C)O[C@@H]32)C=C1. The second-order valence-electron chi connectivity index (χ2n) is 15.3. The second-order valence-corrected chi connectivity index (χ2v) is 15.3. The maximum absolute atomic E-state index is 13.5. The normalized spacial score (nSPS) is 24.3. The van der Waals surface area contributed by atoms with Crippen LogP contribution in [0, 0.1) is 0 Å². The van der Waals surface area contributed by atoms with E-state index in [-0.39, 0.29) is 5.91 Å². The summed E-state index contributed by atoms with van der Waals surface area (Å²) in [6, 6.07) is 31.0. The smallest absolute Gasteiger partial charge is 0.244 e. The monoisotopic (exact) mass is 768 g/mol. The van der Waals surface area contributed by atoms with Crippen molar-refractivity contribution in [3.8, 4) is 0 Å². The zero-order chi connectivity index (χ0) is 39.6. The molecule has 2 aliphatic heterocycles. The highest BCUT2D eigenvalue weighted by Gasteiger charge is 2.55. The molecule has 0 spiro atoms. The van der Waals surface area contributed by atoms with Gasteiger partial charge < -0.3 is 34.3 Å². The van der Waals surface area contributed by atoms with Crippen molar-refractivity contribution >= 4 is 22.9 Å². The van der Waals surface area contributed by atoms with E-state index >= 15 is 0 Å². The minimum Gasteiger partial charge on any atom is -0.382 e. The van der Waals surface area contributed by atoms with Crippen LogP contribution in [-0.2, 0) is 34.0 Å². The maximum Gasteiger partial charge on any atom is 0.244 e. The van der Waals surface area contributed by atoms with E-state index in [1.807, 2.05) is 92.1 Å². The first-order chi connectivity index (χ1) is 27.6. The van der Waals surface area contributed by atoms with Gasteiger partial charge in [0.2, 0.25) is 5.91 Å². The average molecular weight is 769 g/mol. The molecule has 3 aromatic carbocycles. The molecule has 1 amide bonds. The Morgan fingerprint density at radius 2 is 1.53 bits per heavy atom. The highest BCUT2D eigenvalue weighted by molar-refractivity contribution is 5.88. The lowest BCUT2D eigenvalue weighted by Crippen LogP contribution is -2.51. The van der Waals surface area contributed by atoms with Gasteiger partial charge in [-0.1, -0.05) is 109 Å². The fourth-order valence-corrected chi connectivity index (χ4v) is 8.40. The number of ether oxygens (including phenoxy) is 5. The van der Waals surface area contributed by atoms with Crippen LogP contribution in [0.4, 0.5) is 5.82 Å². The molecular formula is C45H48N6O6. The van der Waals surface area contributed by atoms with Gasteiger partial charge in [0.05, 0.1) is 25.1 Å². The van der Waals surface area contributed by atoms with E-state index in [0.29, 0.717) is 36.6 Å². The van der Waals surface area contributed by atoms with Gasteiger partial charge in [-0.15, -0.1) is 0 Å². The summed E-state index contributed by atoms with van der Waals surface area (Å²) in [7, 11) is 3.30. The van der Waals surface area contributed by atoms with Crippen molar-refractivity contribution in [2.24, 2.45) is 0 Å². The number of rotatable bonds is 13. The van der Waals surface area contributed by atoms with Gasteiger partial charge >= 0.3 is 0 Å². The quantitative estimate of drug-likeness (QED) is 0.0995. The number of nitrogens with one attached hydrogen (secondary N) is 2. The predicted molar refractivity (Wildman–Crippen MR) is 216 cm³/mol. The molecule has 1 unspecified atom stereocenters. The van der Waals surface area contributed by atoms with Gasteiger partial charge in [0.1, 0.15) is 30.2 Å². The molecule has 5 atom stereocenters. The van der Waals surface area contributed by atoms with Crippen LogP contribution in [0.25, 0.3) is 11.2 Å². The van der Waals surface area contributed by atoms with Gasteiger partial charge in [-0.05, 0) is 55.5 Å². The summed E-state index contributed by atoms with van der Waals surface area (Å²) in [5.74, 6) is -0.622. The highest BCUT2D eigenvalue weighted by atomic mass is 16.8. The first-order valence-electron chi connectivity index (χ1n) is 19.1. The van der Waals surface area contributed by atoms with Gasteiger partial charge in [-0.2, -0.15) is 0 Å². The summed E-state index contributed by atoms with van der Waals surface area (Å²) < 4.78 is 32.3. The minimum atomic E-state index is -0.885. The number of aromatic nitrogens is 4. The molecule has 2 N–H and O–H groups in total. The fourth-order valence-electron chi connectivity index (χ4n) is 8.40. The van der Waals surface area contributed by atoms with Gasteiger partial charge in [-0.25, -0.2) is 15.0 Å². The van der Waals surface area contributed by atoms with Crippen LogP contribution in [0.15, 0.2) is 139 Å². The number of fused-ring (bicyclic) bond motifs is 2. The van der Waals surface area contributed by atoms with Crippen LogP contribution in [0.3, 0.4) is 0 Å². The molecule has 12 heteroatoms. The minimum absolute atomic E-state index is 0.281. The van der Waals surface area contributed by atoms with Crippen molar-refractivity contribution < 1.29 is 28.5 Å². The Kier molecular flexibility index (Phi) is 10.6. The molecule has 0 saturated carbocycles. The Morgan fingerprint density at radius 3 is 2.12 bits per heavy atom. The predicted octanol–water partition coefficient (Wildman–Crippen LogP) is 6.63. The Morgan fingerprint density at radius 1 is 0.895 bits per heavy atom. The van der Waals surface area contributed by atoms with Crippen LogP contribution in [0.5, 0.6) is 0 Å². The molecule has 12 nitrogen and oxygen atoms in total. The molecule has 8 rings (SSSR count). The molecular weight excluding hydrogens is 721 g/mol. The van der Waals surface area contributed by atoms with E-state index in [2.05, 4.69) is 47.0 Å². The van der Waals surface area contributed by atoms with Crippen molar-refractivity contribution in [2.45, 2.75) is 68.6 Å². The molecule has 0 radical (unpaired) electrons. The van der Waals surface area contributed by atoms with Crippen LogP contribution in [0.2, 0.25) is 0 Å². The number of imidazole rings is 1. The number of methoxy groups -OCH3 is 2. The maximum atomic E-state index is 13.5. The molecule has 2 fully saturated rings. The number of anilines is 1. The molecule has 3 aliphatic rings. The number of amides is 1. The fraction of sp³-hybridized carbons (Fsp3) is 0.333. The van der Waals surface area contributed by atoms with E-state index < -0.39 is 41.4 Å². The summed E-state index contributed by atoms with van der Waals surface area (Å²) in [6.07, 6.45) is 8.74. The zero-order valence-electron chi connectivity index (χ0n) is 32.8. The third-order valence-corrected chi connectivity index (χ3v) is 10.9. The summed E-state index contributed by atoms with van der Waals surface area (Å²) in [5, 5.41) is 7.01. The van der Waals surface area contributed by atoms with E-state index in [4.69, 9.17) is 38.6 Å². The molecule has 2 aromatic heterocycles. The molecule has 1 aliphatic carbocycles. The number of nitrogens with zero attached hydrogens (tertiary/aromatic N) is 4. The van der Waals surface area contributed by atoms with Crippen molar-refractivity contribution in [3.05, 3.63) is 156 Å². The third-order valence-electron chi connectivity index (χ3n) is 10.9. The number of hydrogen-bond donors (Lipinski definition) is 2. The third kappa shape index (κ3) is 7.42. The summed E-state index contributed by atoms with van der Waals surface area (Å²) >= 11 is 0. The number of carbonyl (C=O) groups excluding carboxylic acids is 1. The largest absolute Gasteiger partial charge is 0.382 e. The lowest BCUT2D eigenvalue weighted by Gasteiger charge is -2.37. The van der Waals surface area contributed by atoms with Gasteiger partial charge in [0, 0.05) is 20.3 Å². The molecule has 0 bridgehead atoms. The summed E-state index contributed by atoms with van der Waals surface area (Å²) in [4.78, 5) is 27.9. The Bertz CT molecular complexity index is 2200. The first kappa shape index (κ1) is 38.4. The van der Waals surface area contributed by atoms with E-state index in [0.717, 1.165) is 27.8 Å². The van der Waals surface area contributed by atoms with Crippen LogP contribution in [-0.4, -0.2) is 82.5 Å². The van der Waals surface area contributed by atoms with Crippen molar-refractivity contribution in [3.63, 3.8) is 0 Å². The zero-order valence-corrected chi connectivity index (χ0v) is 32.8. The van der Waals surface area contributed by atoms with E-state index in [9.17, 15) is 4.79 Å². The first-order valence-corrected chi connectivity index (χ1v) is 19.1. The summed E-state index contributed by atoms with van der Waals surface area (Å²) in [6.45, 7) is 6.62. The van der Waals surface area contributed by atoms with Crippen LogP contribution < -0.4 is 10.6 Å². The highest BCUT2D eigenvalue weighted by Crippen LogP contribution is 2.45. The lowest BCUT2D eigenvalue weighted by atomic mass is 9.77. The number of hydrogen-bond acceptors (Lipinski definition) is 10. The van der Waals surface area contributed by atoms with Crippen LogP contribution in [0.1, 0.15) is 50.1 Å². The van der Waals surface area contributed by atoms with E-state index in [1.165, 1.54) is 12.4 Å². The number of benzene rings is 3. The molecule has 294 valence electrons. The Hall–Kier alpha value is -5.50.